The molecule has 0 spiro atoms. The Bertz CT molecular complexity index is 1370. The molecule has 1 atom stereocenters. The van der Waals surface area contributed by atoms with Crippen molar-refractivity contribution in [3.05, 3.63) is 95.1 Å². The summed E-state index contributed by atoms with van der Waals surface area (Å²) in [6, 6.07) is 20.2. The topological polar surface area (TPSA) is 86.8 Å². The lowest BCUT2D eigenvalue weighted by Gasteiger charge is -2.32. The monoisotopic (exact) mass is 535 g/mol. The first-order chi connectivity index (χ1) is 17.9. The summed E-state index contributed by atoms with van der Waals surface area (Å²) in [5.41, 5.74) is 4.13. The molecule has 0 aliphatic rings. The maximum atomic E-state index is 13.9. The summed E-state index contributed by atoms with van der Waals surface area (Å²) >= 11 is 0. The number of sulfonamides is 1. The third-order valence-corrected chi connectivity index (χ3v) is 8.20. The highest BCUT2D eigenvalue weighted by atomic mass is 32.2. The van der Waals surface area contributed by atoms with Crippen LogP contribution in [0.25, 0.3) is 0 Å². The van der Waals surface area contributed by atoms with Gasteiger partial charge < -0.3 is 10.2 Å². The molecule has 0 saturated heterocycles. The van der Waals surface area contributed by atoms with Gasteiger partial charge in [-0.15, -0.1) is 0 Å². The van der Waals surface area contributed by atoms with E-state index in [1.54, 1.807) is 55.5 Å². The molecule has 0 aliphatic heterocycles. The van der Waals surface area contributed by atoms with Crippen LogP contribution >= 0.6 is 0 Å². The molecule has 0 unspecified atom stereocenters. The van der Waals surface area contributed by atoms with E-state index in [0.29, 0.717) is 5.69 Å². The van der Waals surface area contributed by atoms with Crippen LogP contribution in [0.3, 0.4) is 0 Å². The Balaban J connectivity index is 2.03. The summed E-state index contributed by atoms with van der Waals surface area (Å²) in [6.07, 6.45) is 0. The molecule has 0 radical (unpaired) electrons. The predicted octanol–water partition coefficient (Wildman–Crippen LogP) is 4.75. The van der Waals surface area contributed by atoms with Crippen LogP contribution in [0.5, 0.6) is 0 Å². The highest BCUT2D eigenvalue weighted by Crippen LogP contribution is 2.25. The van der Waals surface area contributed by atoms with Crippen LogP contribution in [0.15, 0.2) is 77.7 Å². The molecule has 3 rings (SSSR count). The summed E-state index contributed by atoms with van der Waals surface area (Å²) in [5, 5.41) is 2.87. The Hall–Kier alpha value is -3.65. The van der Waals surface area contributed by atoms with Crippen molar-refractivity contribution in [2.75, 3.05) is 10.8 Å². The zero-order chi connectivity index (χ0) is 28.0. The zero-order valence-corrected chi connectivity index (χ0v) is 23.7. The van der Waals surface area contributed by atoms with Crippen LogP contribution in [0, 0.1) is 20.8 Å². The van der Waals surface area contributed by atoms with Gasteiger partial charge in [0.05, 0.1) is 10.6 Å². The van der Waals surface area contributed by atoms with Crippen LogP contribution in [-0.2, 0) is 26.2 Å². The Kier molecular flexibility index (Phi) is 9.33. The smallest absolute Gasteiger partial charge is 0.264 e. The molecule has 2 amide bonds. The van der Waals surface area contributed by atoms with E-state index in [1.807, 2.05) is 58.9 Å². The molecule has 3 aromatic rings. The minimum absolute atomic E-state index is 0.0903. The van der Waals surface area contributed by atoms with Crippen LogP contribution in [-0.4, -0.2) is 43.8 Å². The van der Waals surface area contributed by atoms with Gasteiger partial charge in [0.25, 0.3) is 10.0 Å². The Morgan fingerprint density at radius 2 is 1.37 bits per heavy atom. The van der Waals surface area contributed by atoms with Crippen molar-refractivity contribution in [2.24, 2.45) is 0 Å². The van der Waals surface area contributed by atoms with Gasteiger partial charge in [0.15, 0.2) is 0 Å². The first kappa shape index (κ1) is 28.9. The number of rotatable bonds is 10. The summed E-state index contributed by atoms with van der Waals surface area (Å²) in [5.74, 6) is -0.777. The molecule has 0 saturated carbocycles. The molecular formula is C30H37N3O4S. The second-order valence-corrected chi connectivity index (χ2v) is 11.8. The first-order valence-electron chi connectivity index (χ1n) is 12.7. The Labute approximate surface area is 226 Å². The molecule has 0 fully saturated rings. The van der Waals surface area contributed by atoms with Gasteiger partial charge in [-0.3, -0.25) is 13.9 Å². The van der Waals surface area contributed by atoms with Gasteiger partial charge >= 0.3 is 0 Å². The number of anilines is 1. The number of aryl methyl sites for hydroxylation is 3. The van der Waals surface area contributed by atoms with Crippen molar-refractivity contribution in [1.82, 2.24) is 10.2 Å². The van der Waals surface area contributed by atoms with Gasteiger partial charge in [-0.25, -0.2) is 8.42 Å². The van der Waals surface area contributed by atoms with E-state index in [9.17, 15) is 18.0 Å². The lowest BCUT2D eigenvalue weighted by Crippen LogP contribution is -2.52. The molecule has 1 N–H and O–H groups in total. The Morgan fingerprint density at radius 1 is 0.816 bits per heavy atom. The normalized spacial score (nSPS) is 12.2. The summed E-state index contributed by atoms with van der Waals surface area (Å²) in [7, 11) is -4.07. The van der Waals surface area contributed by atoms with Gasteiger partial charge in [-0.05, 0) is 76.9 Å². The van der Waals surface area contributed by atoms with Crippen molar-refractivity contribution < 1.29 is 18.0 Å². The number of nitrogens with zero attached hydrogens (tertiary/aromatic N) is 2. The maximum Gasteiger partial charge on any atom is 0.264 e. The number of nitrogens with one attached hydrogen (secondary N) is 1. The van der Waals surface area contributed by atoms with Crippen LogP contribution in [0.2, 0.25) is 0 Å². The van der Waals surface area contributed by atoms with E-state index in [4.69, 9.17) is 0 Å². The number of hydrogen-bond donors (Lipinski definition) is 1. The summed E-state index contributed by atoms with van der Waals surface area (Å²) < 4.78 is 28.8. The van der Waals surface area contributed by atoms with Crippen LogP contribution in [0.1, 0.15) is 43.0 Å². The molecule has 0 bridgehead atoms. The van der Waals surface area contributed by atoms with E-state index in [0.717, 1.165) is 26.6 Å². The molecule has 0 heterocycles. The molecular weight excluding hydrogens is 498 g/mol. The minimum Gasteiger partial charge on any atom is -0.352 e. The fourth-order valence-corrected chi connectivity index (χ4v) is 5.45. The molecule has 202 valence electrons. The second-order valence-electron chi connectivity index (χ2n) is 9.95. The van der Waals surface area contributed by atoms with E-state index in [-0.39, 0.29) is 23.4 Å². The lowest BCUT2D eigenvalue weighted by atomic mass is 10.1. The Morgan fingerprint density at radius 3 is 1.92 bits per heavy atom. The van der Waals surface area contributed by atoms with Gasteiger partial charge in [0, 0.05) is 12.6 Å². The molecule has 0 aliphatic carbocycles. The average Bonchev–Trinajstić information content (AvgIpc) is 2.86. The molecule has 7 nitrogen and oxygen atoms in total. The highest BCUT2D eigenvalue weighted by molar-refractivity contribution is 7.92. The maximum absolute atomic E-state index is 13.9. The van der Waals surface area contributed by atoms with Gasteiger partial charge in [-0.2, -0.15) is 0 Å². The number of benzene rings is 3. The summed E-state index contributed by atoms with van der Waals surface area (Å²) in [6.45, 7) is 10.8. The number of carbonyl (C=O) groups is 2. The third kappa shape index (κ3) is 7.01. The number of amides is 2. The van der Waals surface area contributed by atoms with Gasteiger partial charge in [0.2, 0.25) is 11.8 Å². The number of carbonyl (C=O) groups excluding carboxylic acids is 2. The predicted molar refractivity (Wildman–Crippen MR) is 151 cm³/mol. The van der Waals surface area contributed by atoms with Crippen molar-refractivity contribution in [3.63, 3.8) is 0 Å². The first-order valence-corrected chi connectivity index (χ1v) is 14.1. The SMILES string of the molecule is Cc1ccc(N(CC(=O)N(Cc2ccccc2C)[C@@H](C)C(=O)NC(C)C)S(=O)(=O)c2ccc(C)cc2)cc1. The quantitative estimate of drug-likeness (QED) is 0.406. The van der Waals surface area contributed by atoms with E-state index >= 15 is 0 Å². The fourth-order valence-electron chi connectivity index (χ4n) is 4.04. The van der Waals surface area contributed by atoms with Gasteiger partial charge in [0.1, 0.15) is 12.6 Å². The largest absolute Gasteiger partial charge is 0.352 e. The molecule has 38 heavy (non-hydrogen) atoms. The fraction of sp³-hybridized carbons (Fsp3) is 0.333. The van der Waals surface area contributed by atoms with Crippen molar-refractivity contribution in [2.45, 2.75) is 65.1 Å². The standard InChI is InChI=1S/C30H37N3O4S/c1-21(2)31-30(35)25(6)32(19-26-10-8-7-9-24(26)5)29(34)20-33(27-15-11-22(3)12-16-27)38(36,37)28-17-13-23(4)14-18-28/h7-18,21,25H,19-20H2,1-6H3,(H,31,35)/t25-/m0/s1. The third-order valence-electron chi connectivity index (χ3n) is 6.41. The van der Waals surface area contributed by atoms with E-state index in [1.165, 1.54) is 4.90 Å². The lowest BCUT2D eigenvalue weighted by molar-refractivity contribution is -0.139. The number of hydrogen-bond acceptors (Lipinski definition) is 4. The molecule has 3 aromatic carbocycles. The van der Waals surface area contributed by atoms with Crippen molar-refractivity contribution in [1.29, 1.82) is 0 Å². The van der Waals surface area contributed by atoms with Crippen LogP contribution in [0.4, 0.5) is 5.69 Å². The van der Waals surface area contributed by atoms with E-state index < -0.39 is 28.5 Å². The van der Waals surface area contributed by atoms with E-state index in [2.05, 4.69) is 5.32 Å². The van der Waals surface area contributed by atoms with Crippen molar-refractivity contribution >= 4 is 27.5 Å². The van der Waals surface area contributed by atoms with Crippen molar-refractivity contribution in [3.8, 4) is 0 Å². The van der Waals surface area contributed by atoms with Gasteiger partial charge in [-0.1, -0.05) is 59.7 Å². The molecule has 0 aromatic heterocycles. The second kappa shape index (κ2) is 12.3. The summed E-state index contributed by atoms with van der Waals surface area (Å²) in [4.78, 5) is 28.4. The van der Waals surface area contributed by atoms with Crippen LogP contribution < -0.4 is 9.62 Å². The highest BCUT2D eigenvalue weighted by Gasteiger charge is 2.32. The minimum atomic E-state index is -4.07. The average molecular weight is 536 g/mol. The zero-order valence-electron chi connectivity index (χ0n) is 22.9. The molecule has 8 heteroatoms.